The number of benzene rings is 1. The quantitative estimate of drug-likeness (QED) is 0.693. The molecule has 0 amide bonds. The number of aryl methyl sites for hydroxylation is 2. The predicted octanol–water partition coefficient (Wildman–Crippen LogP) is 3.47. The van der Waals surface area contributed by atoms with Gasteiger partial charge in [0.1, 0.15) is 4.90 Å². The zero-order valence-corrected chi connectivity index (χ0v) is 16.7. The highest BCUT2D eigenvalue weighted by atomic mass is 32.2. The van der Waals surface area contributed by atoms with Crippen molar-refractivity contribution >= 4 is 20.9 Å². The number of para-hydroxylation sites is 1. The molecule has 3 aromatic rings. The molecule has 0 aliphatic rings. The van der Waals surface area contributed by atoms with Gasteiger partial charge < -0.3 is 4.98 Å². The highest BCUT2D eigenvalue weighted by Gasteiger charge is 2.23. The van der Waals surface area contributed by atoms with E-state index in [1.165, 1.54) is 5.56 Å². The van der Waals surface area contributed by atoms with Crippen molar-refractivity contribution in [1.29, 1.82) is 0 Å². The average molecular weight is 375 g/mol. The summed E-state index contributed by atoms with van der Waals surface area (Å²) in [6.45, 7) is 9.61. The molecule has 0 radical (unpaired) electrons. The lowest BCUT2D eigenvalue weighted by atomic mass is 10.1. The minimum absolute atomic E-state index is 0.115. The Kier molecular flexibility index (Phi) is 4.94. The molecule has 0 aliphatic carbocycles. The molecule has 2 N–H and O–H groups in total. The lowest BCUT2D eigenvalue weighted by Gasteiger charge is -2.13. The summed E-state index contributed by atoms with van der Waals surface area (Å²) >= 11 is 0. The third-order valence-electron chi connectivity index (χ3n) is 4.58. The molecule has 2 heterocycles. The van der Waals surface area contributed by atoms with Crippen molar-refractivity contribution < 1.29 is 8.42 Å². The molecule has 1 unspecified atom stereocenters. The number of H-pyrrole nitrogens is 1. The van der Waals surface area contributed by atoms with Crippen LogP contribution < -0.4 is 4.72 Å². The van der Waals surface area contributed by atoms with Crippen molar-refractivity contribution in [1.82, 2.24) is 19.5 Å². The summed E-state index contributed by atoms with van der Waals surface area (Å²) in [5.41, 5.74) is 3.90. The van der Waals surface area contributed by atoms with Gasteiger partial charge >= 0.3 is 0 Å². The van der Waals surface area contributed by atoms with Crippen LogP contribution in [-0.4, -0.2) is 29.2 Å². The van der Waals surface area contributed by atoms with Gasteiger partial charge in [-0.05, 0) is 52.2 Å². The number of aromatic amines is 1. The van der Waals surface area contributed by atoms with E-state index in [2.05, 4.69) is 33.9 Å². The summed E-state index contributed by atoms with van der Waals surface area (Å²) in [7, 11) is -3.61. The first-order chi connectivity index (χ1) is 12.2. The van der Waals surface area contributed by atoms with Gasteiger partial charge in [0.15, 0.2) is 0 Å². The number of aromatic nitrogens is 3. The van der Waals surface area contributed by atoms with E-state index < -0.39 is 10.0 Å². The van der Waals surface area contributed by atoms with Crippen LogP contribution in [0.25, 0.3) is 10.9 Å². The second kappa shape index (κ2) is 6.89. The van der Waals surface area contributed by atoms with Crippen LogP contribution in [-0.2, 0) is 16.4 Å². The second-order valence-electron chi connectivity index (χ2n) is 7.19. The first-order valence-electron chi connectivity index (χ1n) is 8.82. The first kappa shape index (κ1) is 18.7. The maximum Gasteiger partial charge on any atom is 0.244 e. The minimum Gasteiger partial charge on any atom is -0.361 e. The molecule has 0 bridgehead atoms. The van der Waals surface area contributed by atoms with E-state index in [0.29, 0.717) is 12.1 Å². The Hall–Kier alpha value is -2.12. The largest absolute Gasteiger partial charge is 0.361 e. The topological polar surface area (TPSA) is 79.8 Å². The highest BCUT2D eigenvalue weighted by molar-refractivity contribution is 7.89. The summed E-state index contributed by atoms with van der Waals surface area (Å²) in [6.07, 6.45) is 4.18. The molecule has 6 nitrogen and oxygen atoms in total. The Morgan fingerprint density at radius 1 is 1.23 bits per heavy atom. The number of nitrogens with zero attached hydrogens (tertiary/aromatic N) is 2. The van der Waals surface area contributed by atoms with Crippen molar-refractivity contribution in [2.75, 3.05) is 0 Å². The normalized spacial score (nSPS) is 13.6. The van der Waals surface area contributed by atoms with E-state index >= 15 is 0 Å². The van der Waals surface area contributed by atoms with E-state index in [9.17, 15) is 8.42 Å². The monoisotopic (exact) mass is 374 g/mol. The molecule has 0 spiro atoms. The average Bonchev–Trinajstić information content (AvgIpc) is 3.12. The van der Waals surface area contributed by atoms with E-state index in [-0.39, 0.29) is 17.0 Å². The molecular formula is C19H26N4O2S. The van der Waals surface area contributed by atoms with Crippen molar-refractivity contribution in [3.8, 4) is 0 Å². The fourth-order valence-electron chi connectivity index (χ4n) is 3.23. The van der Waals surface area contributed by atoms with Crippen LogP contribution >= 0.6 is 0 Å². The van der Waals surface area contributed by atoms with E-state index in [1.54, 1.807) is 17.8 Å². The van der Waals surface area contributed by atoms with Gasteiger partial charge in [-0.15, -0.1) is 0 Å². The van der Waals surface area contributed by atoms with Crippen LogP contribution in [0.2, 0.25) is 0 Å². The molecule has 2 aromatic heterocycles. The van der Waals surface area contributed by atoms with Crippen LogP contribution in [0.15, 0.2) is 35.5 Å². The van der Waals surface area contributed by atoms with Crippen LogP contribution in [0.1, 0.15) is 43.6 Å². The fraction of sp³-hybridized carbons (Fsp3) is 0.421. The maximum absolute atomic E-state index is 12.8. The molecule has 7 heteroatoms. The van der Waals surface area contributed by atoms with Crippen LogP contribution in [0.5, 0.6) is 0 Å². The molecule has 0 saturated carbocycles. The SMILES string of the molecule is Cc1nn(C(C)C)cc1S(=O)(=O)NC(C)Cc1c[nH]c2c(C)cccc12. The summed E-state index contributed by atoms with van der Waals surface area (Å²) < 4.78 is 30.0. The van der Waals surface area contributed by atoms with Crippen molar-refractivity contribution in [3.05, 3.63) is 47.4 Å². The van der Waals surface area contributed by atoms with E-state index in [4.69, 9.17) is 0 Å². The fourth-order valence-corrected chi connectivity index (χ4v) is 4.64. The molecule has 3 rings (SSSR count). The van der Waals surface area contributed by atoms with E-state index in [1.807, 2.05) is 33.0 Å². The van der Waals surface area contributed by atoms with Gasteiger partial charge in [-0.25, -0.2) is 13.1 Å². The van der Waals surface area contributed by atoms with Gasteiger partial charge in [0.05, 0.1) is 5.69 Å². The Bertz CT molecular complexity index is 1030. The van der Waals surface area contributed by atoms with Crippen molar-refractivity contribution in [2.45, 2.75) is 58.0 Å². The Morgan fingerprint density at radius 3 is 2.62 bits per heavy atom. The summed E-state index contributed by atoms with van der Waals surface area (Å²) in [6, 6.07) is 6.02. The van der Waals surface area contributed by atoms with E-state index in [0.717, 1.165) is 16.5 Å². The molecule has 0 saturated heterocycles. The van der Waals surface area contributed by atoms with Crippen LogP contribution in [0.4, 0.5) is 0 Å². The van der Waals surface area contributed by atoms with Gasteiger partial charge in [0.25, 0.3) is 0 Å². The summed E-state index contributed by atoms with van der Waals surface area (Å²) in [5, 5.41) is 5.44. The highest BCUT2D eigenvalue weighted by Crippen LogP contribution is 2.23. The molecule has 1 atom stereocenters. The van der Waals surface area contributed by atoms with Gasteiger partial charge in [0.2, 0.25) is 10.0 Å². The Balaban J connectivity index is 1.80. The van der Waals surface area contributed by atoms with Crippen molar-refractivity contribution in [2.24, 2.45) is 0 Å². The minimum atomic E-state index is -3.61. The zero-order valence-electron chi connectivity index (χ0n) is 15.9. The summed E-state index contributed by atoms with van der Waals surface area (Å²) in [5.74, 6) is 0. The number of hydrogen-bond donors (Lipinski definition) is 2. The number of nitrogens with one attached hydrogen (secondary N) is 2. The third-order valence-corrected chi connectivity index (χ3v) is 6.27. The van der Waals surface area contributed by atoms with Crippen LogP contribution in [0, 0.1) is 13.8 Å². The Labute approximate surface area is 154 Å². The van der Waals surface area contributed by atoms with Gasteiger partial charge in [0, 0.05) is 35.4 Å². The summed E-state index contributed by atoms with van der Waals surface area (Å²) in [4.78, 5) is 3.53. The second-order valence-corrected chi connectivity index (χ2v) is 8.87. The number of sulfonamides is 1. The molecule has 0 fully saturated rings. The zero-order chi connectivity index (χ0) is 19.1. The standard InChI is InChI=1S/C19H26N4O2S/c1-12(2)23-11-18(15(5)21-23)26(24,25)22-14(4)9-16-10-20-19-13(3)7-6-8-17(16)19/h6-8,10-12,14,20,22H,9H2,1-5H3. The molecular weight excluding hydrogens is 348 g/mol. The van der Waals surface area contributed by atoms with Gasteiger partial charge in [-0.1, -0.05) is 18.2 Å². The smallest absolute Gasteiger partial charge is 0.244 e. The van der Waals surface area contributed by atoms with Crippen molar-refractivity contribution in [3.63, 3.8) is 0 Å². The maximum atomic E-state index is 12.8. The van der Waals surface area contributed by atoms with Gasteiger partial charge in [-0.3, -0.25) is 4.68 Å². The lowest BCUT2D eigenvalue weighted by Crippen LogP contribution is -2.34. The first-order valence-corrected chi connectivity index (χ1v) is 10.3. The predicted molar refractivity (Wildman–Crippen MR) is 104 cm³/mol. The lowest BCUT2D eigenvalue weighted by molar-refractivity contribution is 0.528. The molecule has 26 heavy (non-hydrogen) atoms. The number of fused-ring (bicyclic) bond motifs is 1. The Morgan fingerprint density at radius 2 is 1.96 bits per heavy atom. The molecule has 140 valence electrons. The molecule has 0 aliphatic heterocycles. The number of hydrogen-bond acceptors (Lipinski definition) is 3. The number of rotatable bonds is 6. The van der Waals surface area contributed by atoms with Crippen LogP contribution in [0.3, 0.4) is 0 Å². The van der Waals surface area contributed by atoms with Gasteiger partial charge in [-0.2, -0.15) is 5.10 Å². The molecule has 1 aromatic carbocycles. The third kappa shape index (κ3) is 3.54.